The van der Waals surface area contributed by atoms with Crippen LogP contribution in [-0.4, -0.2) is 42.9 Å². The summed E-state index contributed by atoms with van der Waals surface area (Å²) in [4.78, 5) is 10.8. The number of carbonyl (C=O) groups is 1. The zero-order valence-electron chi connectivity index (χ0n) is 9.61. The third-order valence-electron chi connectivity index (χ3n) is 2.91. The molecular formula is C11H14N2O4S. The van der Waals surface area contributed by atoms with Crippen molar-refractivity contribution in [2.45, 2.75) is 17.4 Å². The molecule has 0 saturated carbocycles. The molecule has 6 nitrogen and oxygen atoms in total. The second kappa shape index (κ2) is 4.68. The first-order chi connectivity index (χ1) is 8.41. The van der Waals surface area contributed by atoms with Crippen molar-refractivity contribution < 1.29 is 18.3 Å². The molecule has 7 heteroatoms. The Bertz CT molecular complexity index is 570. The number of nitrogens with two attached hydrogens (primary N) is 1. The zero-order valence-corrected chi connectivity index (χ0v) is 10.4. The Morgan fingerprint density at radius 1 is 1.44 bits per heavy atom. The minimum absolute atomic E-state index is 0.00324. The van der Waals surface area contributed by atoms with Crippen LogP contribution in [0.2, 0.25) is 0 Å². The van der Waals surface area contributed by atoms with E-state index in [0.717, 1.165) is 0 Å². The molecule has 0 amide bonds. The van der Waals surface area contributed by atoms with Crippen molar-refractivity contribution >= 4 is 16.0 Å². The van der Waals surface area contributed by atoms with Crippen molar-refractivity contribution in [3.8, 4) is 0 Å². The second-order valence-corrected chi connectivity index (χ2v) is 6.18. The molecule has 1 aromatic carbocycles. The van der Waals surface area contributed by atoms with Gasteiger partial charge in [-0.2, -0.15) is 4.31 Å². The Kier molecular flexibility index (Phi) is 3.38. The highest BCUT2D eigenvalue weighted by atomic mass is 32.2. The zero-order chi connectivity index (χ0) is 13.3. The van der Waals surface area contributed by atoms with Crippen LogP contribution in [0.25, 0.3) is 0 Å². The highest BCUT2D eigenvalue weighted by Gasteiger charge is 2.31. The van der Waals surface area contributed by atoms with Gasteiger partial charge in [0.15, 0.2) is 0 Å². The normalized spacial score (nSPS) is 21.1. The lowest BCUT2D eigenvalue weighted by molar-refractivity contribution is 0.0696. The van der Waals surface area contributed by atoms with E-state index in [2.05, 4.69) is 0 Å². The summed E-state index contributed by atoms with van der Waals surface area (Å²) in [6, 6.07) is 5.19. The predicted octanol–water partition coefficient (Wildman–Crippen LogP) is 0.106. The fraction of sp³-hybridized carbons (Fsp3) is 0.364. The maximum absolute atomic E-state index is 12.2. The summed E-state index contributed by atoms with van der Waals surface area (Å²) in [5.41, 5.74) is 5.64. The Hall–Kier alpha value is -1.44. The molecule has 0 radical (unpaired) electrons. The summed E-state index contributed by atoms with van der Waals surface area (Å²) in [6.07, 6.45) is 0.623. The average Bonchev–Trinajstić information content (AvgIpc) is 2.77. The van der Waals surface area contributed by atoms with Crippen molar-refractivity contribution in [1.29, 1.82) is 0 Å². The Morgan fingerprint density at radius 2 is 2.17 bits per heavy atom. The van der Waals surface area contributed by atoms with E-state index >= 15 is 0 Å². The van der Waals surface area contributed by atoms with Gasteiger partial charge >= 0.3 is 5.97 Å². The number of aromatic carboxylic acids is 1. The lowest BCUT2D eigenvalue weighted by Gasteiger charge is -2.16. The van der Waals surface area contributed by atoms with Crippen molar-refractivity contribution in [2.75, 3.05) is 13.1 Å². The first kappa shape index (κ1) is 13.0. The van der Waals surface area contributed by atoms with Gasteiger partial charge < -0.3 is 10.8 Å². The minimum atomic E-state index is -3.64. The number of rotatable bonds is 3. The number of carboxylic acids is 1. The van der Waals surface area contributed by atoms with Crippen molar-refractivity contribution in [3.63, 3.8) is 0 Å². The van der Waals surface area contributed by atoms with Gasteiger partial charge in [-0.3, -0.25) is 0 Å². The van der Waals surface area contributed by atoms with Gasteiger partial charge in [-0.05, 0) is 24.6 Å². The monoisotopic (exact) mass is 270 g/mol. The van der Waals surface area contributed by atoms with Gasteiger partial charge in [-0.15, -0.1) is 0 Å². The first-order valence-corrected chi connectivity index (χ1v) is 6.94. The van der Waals surface area contributed by atoms with Crippen LogP contribution in [0.1, 0.15) is 16.8 Å². The summed E-state index contributed by atoms with van der Waals surface area (Å²) >= 11 is 0. The first-order valence-electron chi connectivity index (χ1n) is 5.50. The van der Waals surface area contributed by atoms with Crippen LogP contribution in [0.15, 0.2) is 29.2 Å². The Balaban J connectivity index is 2.35. The summed E-state index contributed by atoms with van der Waals surface area (Å²) in [7, 11) is -3.64. The third-order valence-corrected chi connectivity index (χ3v) is 4.77. The standard InChI is InChI=1S/C11H14N2O4S/c12-9-4-5-13(7-9)18(16,17)10-3-1-2-8(6-10)11(14)15/h1-3,6,9H,4-5,7,12H2,(H,14,15). The maximum atomic E-state index is 12.2. The summed E-state index contributed by atoms with van der Waals surface area (Å²) < 4.78 is 25.8. The number of sulfonamides is 1. The molecule has 1 aliphatic rings. The van der Waals surface area contributed by atoms with E-state index in [1.807, 2.05) is 0 Å². The van der Waals surface area contributed by atoms with E-state index in [4.69, 9.17) is 10.8 Å². The van der Waals surface area contributed by atoms with Crippen LogP contribution in [0.3, 0.4) is 0 Å². The smallest absolute Gasteiger partial charge is 0.335 e. The van der Waals surface area contributed by atoms with Crippen LogP contribution < -0.4 is 5.73 Å². The van der Waals surface area contributed by atoms with Crippen LogP contribution in [0.4, 0.5) is 0 Å². The van der Waals surface area contributed by atoms with Crippen molar-refractivity contribution in [3.05, 3.63) is 29.8 Å². The van der Waals surface area contributed by atoms with E-state index in [1.54, 1.807) is 0 Å². The molecular weight excluding hydrogens is 256 g/mol. The molecule has 0 bridgehead atoms. The number of nitrogens with zero attached hydrogens (tertiary/aromatic N) is 1. The lowest BCUT2D eigenvalue weighted by atomic mass is 10.2. The molecule has 0 aromatic heterocycles. The summed E-state index contributed by atoms with van der Waals surface area (Å²) in [5, 5.41) is 8.85. The molecule has 98 valence electrons. The largest absolute Gasteiger partial charge is 0.478 e. The highest BCUT2D eigenvalue weighted by molar-refractivity contribution is 7.89. The van der Waals surface area contributed by atoms with Gasteiger partial charge in [-0.1, -0.05) is 6.07 Å². The van der Waals surface area contributed by atoms with Gasteiger partial charge in [0.1, 0.15) is 0 Å². The SMILES string of the molecule is NC1CCN(S(=O)(=O)c2cccc(C(=O)O)c2)C1. The molecule has 0 aliphatic carbocycles. The van der Waals surface area contributed by atoms with Gasteiger partial charge in [0.2, 0.25) is 10.0 Å². The van der Waals surface area contributed by atoms with E-state index in [0.29, 0.717) is 13.0 Å². The molecule has 1 saturated heterocycles. The fourth-order valence-corrected chi connectivity index (χ4v) is 3.47. The predicted molar refractivity (Wildman–Crippen MR) is 64.8 cm³/mol. The van der Waals surface area contributed by atoms with Gasteiger partial charge in [-0.25, -0.2) is 13.2 Å². The van der Waals surface area contributed by atoms with E-state index < -0.39 is 16.0 Å². The number of hydrogen-bond acceptors (Lipinski definition) is 4. The molecule has 18 heavy (non-hydrogen) atoms. The highest BCUT2D eigenvalue weighted by Crippen LogP contribution is 2.21. The quantitative estimate of drug-likeness (QED) is 0.811. The van der Waals surface area contributed by atoms with E-state index in [1.165, 1.54) is 28.6 Å². The number of benzene rings is 1. The van der Waals surface area contributed by atoms with Gasteiger partial charge in [0.05, 0.1) is 10.5 Å². The summed E-state index contributed by atoms with van der Waals surface area (Å²) in [6.45, 7) is 0.653. The molecule has 2 rings (SSSR count). The molecule has 1 aromatic rings. The van der Waals surface area contributed by atoms with Gasteiger partial charge in [0.25, 0.3) is 0 Å². The molecule has 1 atom stereocenters. The van der Waals surface area contributed by atoms with Gasteiger partial charge in [0, 0.05) is 19.1 Å². The average molecular weight is 270 g/mol. The van der Waals surface area contributed by atoms with Crippen molar-refractivity contribution in [2.24, 2.45) is 5.73 Å². The van der Waals surface area contributed by atoms with Crippen LogP contribution in [0.5, 0.6) is 0 Å². The Labute approximate surface area is 105 Å². The van der Waals surface area contributed by atoms with Crippen LogP contribution >= 0.6 is 0 Å². The number of hydrogen-bond donors (Lipinski definition) is 2. The molecule has 3 N–H and O–H groups in total. The van der Waals surface area contributed by atoms with Crippen molar-refractivity contribution in [1.82, 2.24) is 4.31 Å². The fourth-order valence-electron chi connectivity index (χ4n) is 1.91. The van der Waals surface area contributed by atoms with Crippen LogP contribution in [0, 0.1) is 0 Å². The third kappa shape index (κ3) is 2.38. The molecule has 1 aliphatic heterocycles. The van der Waals surface area contributed by atoms with E-state index in [-0.39, 0.29) is 23.0 Å². The lowest BCUT2D eigenvalue weighted by Crippen LogP contribution is -2.32. The second-order valence-electron chi connectivity index (χ2n) is 4.24. The Morgan fingerprint density at radius 3 is 2.72 bits per heavy atom. The maximum Gasteiger partial charge on any atom is 0.335 e. The summed E-state index contributed by atoms with van der Waals surface area (Å²) in [5.74, 6) is -1.15. The molecule has 1 unspecified atom stereocenters. The number of carboxylic acid groups (broad SMARTS) is 1. The molecule has 0 spiro atoms. The minimum Gasteiger partial charge on any atom is -0.478 e. The molecule has 1 fully saturated rings. The topological polar surface area (TPSA) is 101 Å². The van der Waals surface area contributed by atoms with E-state index in [9.17, 15) is 13.2 Å². The molecule has 1 heterocycles. The van der Waals surface area contributed by atoms with Crippen LogP contribution in [-0.2, 0) is 10.0 Å².